The van der Waals surface area contributed by atoms with Crippen LogP contribution >= 0.6 is 0 Å². The molecule has 3 nitrogen and oxygen atoms in total. The predicted octanol–water partition coefficient (Wildman–Crippen LogP) is 1.56. The Balaban J connectivity index is 2.83. The molecule has 1 aromatic rings. The van der Waals surface area contributed by atoms with E-state index in [2.05, 4.69) is 4.89 Å². The van der Waals surface area contributed by atoms with Gasteiger partial charge >= 0.3 is 0 Å². The number of rotatable bonds is 2. The van der Waals surface area contributed by atoms with Crippen LogP contribution in [0.5, 0.6) is 5.75 Å². The molecule has 0 heterocycles. The smallest absolute Gasteiger partial charge is 0.165 e. The lowest BCUT2D eigenvalue weighted by atomic mass is 10.1. The van der Waals surface area contributed by atoms with E-state index in [1.54, 1.807) is 12.1 Å². The molecule has 0 aliphatic rings. The van der Waals surface area contributed by atoms with E-state index in [9.17, 15) is 0 Å². The molecule has 0 aliphatic carbocycles. The van der Waals surface area contributed by atoms with Gasteiger partial charge in [0.25, 0.3) is 0 Å². The molecule has 0 spiro atoms. The second-order valence-corrected chi connectivity index (χ2v) is 2.45. The highest BCUT2D eigenvalue weighted by Gasteiger charge is 1.98. The first-order valence-corrected chi connectivity index (χ1v) is 3.41. The summed E-state index contributed by atoms with van der Waals surface area (Å²) in [6.07, 6.45) is 0. The lowest BCUT2D eigenvalue weighted by Gasteiger charge is -2.04. The van der Waals surface area contributed by atoms with E-state index in [4.69, 9.17) is 11.0 Å². The van der Waals surface area contributed by atoms with E-state index in [0.29, 0.717) is 5.75 Å². The SMILES string of the molecule is C[C@H](N)c1ccc(OO)cc1. The second-order valence-electron chi connectivity index (χ2n) is 2.45. The Labute approximate surface area is 65.3 Å². The van der Waals surface area contributed by atoms with Crippen molar-refractivity contribution in [1.29, 1.82) is 0 Å². The number of benzene rings is 1. The van der Waals surface area contributed by atoms with Crippen LogP contribution in [0.4, 0.5) is 0 Å². The van der Waals surface area contributed by atoms with Crippen LogP contribution in [0.2, 0.25) is 0 Å². The maximum atomic E-state index is 8.24. The molecule has 0 amide bonds. The van der Waals surface area contributed by atoms with Gasteiger partial charge in [-0.1, -0.05) is 12.1 Å². The van der Waals surface area contributed by atoms with Crippen LogP contribution in [0.1, 0.15) is 18.5 Å². The van der Waals surface area contributed by atoms with Crippen LogP contribution < -0.4 is 10.6 Å². The molecule has 0 aromatic heterocycles. The van der Waals surface area contributed by atoms with Gasteiger partial charge in [0.05, 0.1) is 0 Å². The Morgan fingerprint density at radius 1 is 1.36 bits per heavy atom. The van der Waals surface area contributed by atoms with E-state index < -0.39 is 0 Å². The fourth-order valence-corrected chi connectivity index (χ4v) is 0.832. The monoisotopic (exact) mass is 153 g/mol. The van der Waals surface area contributed by atoms with E-state index in [0.717, 1.165) is 5.56 Å². The van der Waals surface area contributed by atoms with Gasteiger partial charge in [0.1, 0.15) is 0 Å². The van der Waals surface area contributed by atoms with Crippen molar-refractivity contribution >= 4 is 0 Å². The summed E-state index contributed by atoms with van der Waals surface area (Å²) in [5, 5.41) is 8.24. The van der Waals surface area contributed by atoms with Gasteiger partial charge in [-0.3, -0.25) is 0 Å². The fourth-order valence-electron chi connectivity index (χ4n) is 0.832. The summed E-state index contributed by atoms with van der Waals surface area (Å²) in [5.41, 5.74) is 6.62. The van der Waals surface area contributed by atoms with Crippen molar-refractivity contribution in [3.8, 4) is 5.75 Å². The molecule has 0 aliphatic heterocycles. The third-order valence-electron chi connectivity index (χ3n) is 1.51. The van der Waals surface area contributed by atoms with Crippen LogP contribution in [-0.4, -0.2) is 5.26 Å². The quantitative estimate of drug-likeness (QED) is 0.500. The number of hydrogen-bond acceptors (Lipinski definition) is 3. The summed E-state index contributed by atoms with van der Waals surface area (Å²) in [7, 11) is 0. The standard InChI is InChI=1S/C8H11NO2/c1-6(9)7-2-4-8(11-10)5-3-7/h2-6,10H,9H2,1H3/t6-/m0/s1. The molecule has 0 fully saturated rings. The van der Waals surface area contributed by atoms with Gasteiger partial charge in [-0.25, -0.2) is 5.26 Å². The van der Waals surface area contributed by atoms with E-state index in [1.807, 2.05) is 19.1 Å². The third kappa shape index (κ3) is 1.93. The van der Waals surface area contributed by atoms with Gasteiger partial charge in [-0.15, -0.1) is 0 Å². The predicted molar refractivity (Wildman–Crippen MR) is 42.3 cm³/mol. The maximum absolute atomic E-state index is 8.24. The van der Waals surface area contributed by atoms with Gasteiger partial charge < -0.3 is 10.6 Å². The third-order valence-corrected chi connectivity index (χ3v) is 1.51. The van der Waals surface area contributed by atoms with Gasteiger partial charge in [0.2, 0.25) is 0 Å². The molecule has 3 heteroatoms. The van der Waals surface area contributed by atoms with Crippen molar-refractivity contribution in [1.82, 2.24) is 0 Å². The zero-order valence-electron chi connectivity index (χ0n) is 6.32. The molecule has 0 unspecified atom stereocenters. The number of hydrogen-bond donors (Lipinski definition) is 2. The minimum atomic E-state index is 0.0164. The lowest BCUT2D eigenvalue weighted by molar-refractivity contribution is -0.137. The minimum Gasteiger partial charge on any atom is -0.340 e. The fraction of sp³-hybridized carbons (Fsp3) is 0.250. The molecular weight excluding hydrogens is 142 g/mol. The summed E-state index contributed by atoms with van der Waals surface area (Å²) in [4.78, 5) is 4.01. The second kappa shape index (κ2) is 3.37. The molecule has 11 heavy (non-hydrogen) atoms. The largest absolute Gasteiger partial charge is 0.340 e. The van der Waals surface area contributed by atoms with Crippen molar-refractivity contribution in [3.05, 3.63) is 29.8 Å². The van der Waals surface area contributed by atoms with Crippen LogP contribution in [0.3, 0.4) is 0 Å². The van der Waals surface area contributed by atoms with E-state index in [1.165, 1.54) is 0 Å². The molecule has 0 radical (unpaired) electrons. The average molecular weight is 153 g/mol. The summed E-state index contributed by atoms with van der Waals surface area (Å²) in [5.74, 6) is 0.425. The molecule has 1 atom stereocenters. The summed E-state index contributed by atoms with van der Waals surface area (Å²) in [6.45, 7) is 1.90. The maximum Gasteiger partial charge on any atom is 0.165 e. The van der Waals surface area contributed by atoms with E-state index in [-0.39, 0.29) is 6.04 Å². The first-order chi connectivity index (χ1) is 5.24. The Kier molecular flexibility index (Phi) is 2.46. The lowest BCUT2D eigenvalue weighted by Crippen LogP contribution is -2.04. The molecule has 1 rings (SSSR count). The molecule has 0 saturated heterocycles. The van der Waals surface area contributed by atoms with Crippen LogP contribution in [0.25, 0.3) is 0 Å². The highest BCUT2D eigenvalue weighted by atomic mass is 17.1. The Morgan fingerprint density at radius 2 is 1.91 bits per heavy atom. The zero-order chi connectivity index (χ0) is 8.27. The molecule has 0 saturated carbocycles. The van der Waals surface area contributed by atoms with Gasteiger partial charge in [-0.05, 0) is 24.6 Å². The van der Waals surface area contributed by atoms with Crippen molar-refractivity contribution < 1.29 is 10.1 Å². The summed E-state index contributed by atoms with van der Waals surface area (Å²) < 4.78 is 0. The van der Waals surface area contributed by atoms with Crippen LogP contribution in [0.15, 0.2) is 24.3 Å². The topological polar surface area (TPSA) is 55.5 Å². The summed E-state index contributed by atoms with van der Waals surface area (Å²) in [6, 6.07) is 6.98. The molecule has 60 valence electrons. The Bertz CT molecular complexity index is 218. The van der Waals surface area contributed by atoms with Crippen molar-refractivity contribution in [2.45, 2.75) is 13.0 Å². The van der Waals surface area contributed by atoms with Crippen molar-refractivity contribution in [3.63, 3.8) is 0 Å². The summed E-state index contributed by atoms with van der Waals surface area (Å²) >= 11 is 0. The highest BCUT2D eigenvalue weighted by Crippen LogP contribution is 2.14. The molecule has 1 aromatic carbocycles. The van der Waals surface area contributed by atoms with Crippen molar-refractivity contribution in [2.75, 3.05) is 0 Å². The molecular formula is C8H11NO2. The first-order valence-electron chi connectivity index (χ1n) is 3.41. The average Bonchev–Trinajstić information content (AvgIpc) is 2.05. The van der Waals surface area contributed by atoms with Gasteiger partial charge in [0, 0.05) is 6.04 Å². The first kappa shape index (κ1) is 8.04. The highest BCUT2D eigenvalue weighted by molar-refractivity contribution is 5.28. The molecule has 0 bridgehead atoms. The molecule has 3 N–H and O–H groups in total. The van der Waals surface area contributed by atoms with Crippen LogP contribution in [0, 0.1) is 0 Å². The van der Waals surface area contributed by atoms with Gasteiger partial charge in [0.15, 0.2) is 5.75 Å². The van der Waals surface area contributed by atoms with Gasteiger partial charge in [-0.2, -0.15) is 0 Å². The van der Waals surface area contributed by atoms with E-state index >= 15 is 0 Å². The Hall–Kier alpha value is -1.06. The normalized spacial score (nSPS) is 12.6. The zero-order valence-corrected chi connectivity index (χ0v) is 6.32. The number of nitrogens with two attached hydrogens (primary N) is 1. The van der Waals surface area contributed by atoms with Crippen LogP contribution in [-0.2, 0) is 0 Å². The Morgan fingerprint density at radius 3 is 2.27 bits per heavy atom. The van der Waals surface area contributed by atoms with Crippen molar-refractivity contribution in [2.24, 2.45) is 5.73 Å². The minimum absolute atomic E-state index is 0.0164.